The first kappa shape index (κ1) is 13.9. The van der Waals surface area contributed by atoms with Gasteiger partial charge in [-0.1, -0.05) is 6.07 Å². The molecule has 0 saturated heterocycles. The first-order valence-corrected chi connectivity index (χ1v) is 8.11. The van der Waals surface area contributed by atoms with Gasteiger partial charge in [0, 0.05) is 11.6 Å². The normalized spacial score (nSPS) is 14.7. The molecule has 1 fully saturated rings. The Morgan fingerprint density at radius 1 is 1.32 bits per heavy atom. The van der Waals surface area contributed by atoms with E-state index >= 15 is 0 Å². The summed E-state index contributed by atoms with van der Waals surface area (Å²) in [4.78, 5) is 19.6. The second-order valence-electron chi connectivity index (χ2n) is 6.23. The summed E-state index contributed by atoms with van der Waals surface area (Å²) in [6.07, 6.45) is 7.16. The lowest BCUT2D eigenvalue weighted by Gasteiger charge is -2.25. The fourth-order valence-corrected chi connectivity index (χ4v) is 3.18. The number of para-hydroxylation sites is 1. The molecule has 0 atom stereocenters. The number of nitrogens with zero attached hydrogens (tertiary/aromatic N) is 6. The number of aromatic nitrogens is 6. The lowest BCUT2D eigenvalue weighted by molar-refractivity contribution is 0.289. The van der Waals surface area contributed by atoms with E-state index in [4.69, 9.17) is 0 Å². The van der Waals surface area contributed by atoms with E-state index in [1.165, 1.54) is 10.9 Å². The second kappa shape index (κ2) is 5.01. The Hall–Kier alpha value is -3.47. The predicted octanol–water partition coefficient (Wildman–Crippen LogP) is 2.03. The predicted molar refractivity (Wildman–Crippen MR) is 89.9 cm³/mol. The minimum Gasteiger partial charge on any atom is -0.304 e. The molecule has 4 aromatic rings. The van der Waals surface area contributed by atoms with Crippen LogP contribution in [0.2, 0.25) is 0 Å². The molecule has 1 saturated carbocycles. The van der Waals surface area contributed by atoms with E-state index in [-0.39, 0.29) is 0 Å². The third-order valence-electron chi connectivity index (χ3n) is 4.77. The highest BCUT2D eigenvalue weighted by Gasteiger charge is 2.21. The molecule has 1 aromatic carbocycles. The zero-order chi connectivity index (χ0) is 17.0. The van der Waals surface area contributed by atoms with Gasteiger partial charge in [-0.3, -0.25) is 4.68 Å². The number of nitrogens with one attached hydrogen (secondary N) is 1. The first-order chi connectivity index (χ1) is 12.2. The standard InChI is InChI=1S/C17H13N7O/c18-7-10-3-1-6-13-14(10)20-17(25)24-16(13)21-15(22-24)11-8-19-23(9-11)12-4-2-5-12/h1,3,6,8-9,12H,2,4-5H2,(H,20,25). The molecule has 0 bridgehead atoms. The van der Waals surface area contributed by atoms with E-state index in [0.717, 1.165) is 18.4 Å². The first-order valence-electron chi connectivity index (χ1n) is 8.11. The van der Waals surface area contributed by atoms with Gasteiger partial charge < -0.3 is 4.98 Å². The summed E-state index contributed by atoms with van der Waals surface area (Å²) in [7, 11) is 0. The van der Waals surface area contributed by atoms with Crippen LogP contribution in [0.5, 0.6) is 0 Å². The number of benzene rings is 1. The third-order valence-corrected chi connectivity index (χ3v) is 4.77. The number of nitriles is 1. The Labute approximate surface area is 141 Å². The fourth-order valence-electron chi connectivity index (χ4n) is 3.18. The van der Waals surface area contributed by atoms with E-state index in [0.29, 0.717) is 34.0 Å². The summed E-state index contributed by atoms with van der Waals surface area (Å²) >= 11 is 0. The Bertz CT molecular complexity index is 1220. The molecule has 1 N–H and O–H groups in total. The number of H-pyrrole nitrogens is 1. The average molecular weight is 331 g/mol. The lowest BCUT2D eigenvalue weighted by Crippen LogP contribution is -2.17. The molecule has 5 rings (SSSR count). The summed E-state index contributed by atoms with van der Waals surface area (Å²) < 4.78 is 3.18. The van der Waals surface area contributed by atoms with Crippen molar-refractivity contribution in [3.8, 4) is 17.5 Å². The highest BCUT2D eigenvalue weighted by atomic mass is 16.1. The van der Waals surface area contributed by atoms with E-state index in [9.17, 15) is 10.1 Å². The Balaban J connectivity index is 1.72. The maximum Gasteiger partial charge on any atom is 0.348 e. The van der Waals surface area contributed by atoms with E-state index in [2.05, 4.69) is 26.2 Å². The van der Waals surface area contributed by atoms with Crippen molar-refractivity contribution in [2.75, 3.05) is 0 Å². The molecule has 0 radical (unpaired) electrons. The number of rotatable bonds is 2. The van der Waals surface area contributed by atoms with Gasteiger partial charge in [0.1, 0.15) is 6.07 Å². The fraction of sp³-hybridized carbons (Fsp3) is 0.235. The summed E-state index contributed by atoms with van der Waals surface area (Å²) in [6.45, 7) is 0. The highest BCUT2D eigenvalue weighted by molar-refractivity contribution is 5.94. The Kier molecular flexibility index (Phi) is 2.79. The van der Waals surface area contributed by atoms with Gasteiger partial charge in [0.2, 0.25) is 0 Å². The number of hydrogen-bond donors (Lipinski definition) is 1. The summed E-state index contributed by atoms with van der Waals surface area (Å²) in [5.41, 5.74) is 1.67. The van der Waals surface area contributed by atoms with Crippen LogP contribution in [0.3, 0.4) is 0 Å². The van der Waals surface area contributed by atoms with Crippen LogP contribution in [0, 0.1) is 11.3 Å². The molecule has 8 nitrogen and oxygen atoms in total. The van der Waals surface area contributed by atoms with Gasteiger partial charge in [-0.15, -0.1) is 5.10 Å². The molecule has 0 amide bonds. The van der Waals surface area contributed by atoms with Crippen LogP contribution < -0.4 is 5.69 Å². The van der Waals surface area contributed by atoms with Crippen molar-refractivity contribution in [1.82, 2.24) is 29.4 Å². The van der Waals surface area contributed by atoms with Crippen LogP contribution in [0.1, 0.15) is 30.9 Å². The minimum absolute atomic E-state index is 0.402. The molecule has 8 heteroatoms. The van der Waals surface area contributed by atoms with Crippen LogP contribution >= 0.6 is 0 Å². The van der Waals surface area contributed by atoms with Crippen molar-refractivity contribution in [3.05, 3.63) is 46.6 Å². The van der Waals surface area contributed by atoms with Gasteiger partial charge in [0.15, 0.2) is 11.5 Å². The van der Waals surface area contributed by atoms with Gasteiger partial charge in [-0.25, -0.2) is 9.78 Å². The molecule has 1 aliphatic rings. The monoisotopic (exact) mass is 331 g/mol. The third kappa shape index (κ3) is 1.99. The van der Waals surface area contributed by atoms with E-state index in [1.807, 2.05) is 16.9 Å². The van der Waals surface area contributed by atoms with Gasteiger partial charge in [-0.2, -0.15) is 14.9 Å². The molecule has 122 valence electrons. The molecule has 0 aliphatic heterocycles. The minimum atomic E-state index is -0.421. The summed E-state index contributed by atoms with van der Waals surface area (Å²) in [5.74, 6) is 0.450. The molecular formula is C17H13N7O. The van der Waals surface area contributed by atoms with Crippen molar-refractivity contribution < 1.29 is 0 Å². The highest BCUT2D eigenvalue weighted by Crippen LogP contribution is 2.32. The van der Waals surface area contributed by atoms with Crippen molar-refractivity contribution in [3.63, 3.8) is 0 Å². The molecule has 1 aliphatic carbocycles. The summed E-state index contributed by atoms with van der Waals surface area (Å²) in [6, 6.07) is 7.78. The van der Waals surface area contributed by atoms with Crippen molar-refractivity contribution in [1.29, 1.82) is 5.26 Å². The Morgan fingerprint density at radius 2 is 2.20 bits per heavy atom. The van der Waals surface area contributed by atoms with Crippen LogP contribution in [-0.4, -0.2) is 29.4 Å². The maximum atomic E-state index is 12.3. The molecule has 25 heavy (non-hydrogen) atoms. The lowest BCUT2D eigenvalue weighted by atomic mass is 9.93. The van der Waals surface area contributed by atoms with Crippen molar-refractivity contribution >= 4 is 16.6 Å². The quantitative estimate of drug-likeness (QED) is 0.605. The molecule has 0 spiro atoms. The topological polar surface area (TPSA) is 105 Å². The molecule has 3 heterocycles. The number of aromatic amines is 1. The van der Waals surface area contributed by atoms with Gasteiger partial charge >= 0.3 is 5.69 Å². The Morgan fingerprint density at radius 3 is 2.96 bits per heavy atom. The number of hydrogen-bond acceptors (Lipinski definition) is 5. The van der Waals surface area contributed by atoms with Crippen LogP contribution in [-0.2, 0) is 0 Å². The zero-order valence-corrected chi connectivity index (χ0v) is 13.2. The van der Waals surface area contributed by atoms with Crippen molar-refractivity contribution in [2.24, 2.45) is 0 Å². The van der Waals surface area contributed by atoms with Crippen molar-refractivity contribution in [2.45, 2.75) is 25.3 Å². The van der Waals surface area contributed by atoms with Crippen LogP contribution in [0.4, 0.5) is 0 Å². The molecule has 0 unspecified atom stereocenters. The number of fused-ring (bicyclic) bond motifs is 3. The van der Waals surface area contributed by atoms with E-state index < -0.39 is 5.69 Å². The molecular weight excluding hydrogens is 318 g/mol. The van der Waals surface area contributed by atoms with Gasteiger partial charge in [-0.05, 0) is 31.4 Å². The van der Waals surface area contributed by atoms with Crippen LogP contribution in [0.25, 0.3) is 27.9 Å². The smallest absolute Gasteiger partial charge is 0.304 e. The SMILES string of the molecule is N#Cc1cccc2c1[nH]c(=O)n1nc(-c3cnn(C4CCC4)c3)nc21. The second-order valence-corrected chi connectivity index (χ2v) is 6.23. The maximum absolute atomic E-state index is 12.3. The van der Waals surface area contributed by atoms with Gasteiger partial charge in [0.25, 0.3) is 0 Å². The summed E-state index contributed by atoms with van der Waals surface area (Å²) in [5, 5.41) is 18.6. The largest absolute Gasteiger partial charge is 0.348 e. The van der Waals surface area contributed by atoms with Gasteiger partial charge in [0.05, 0.1) is 28.9 Å². The van der Waals surface area contributed by atoms with Crippen LogP contribution in [0.15, 0.2) is 35.4 Å². The zero-order valence-electron chi connectivity index (χ0n) is 13.2. The molecule has 3 aromatic heterocycles. The van der Waals surface area contributed by atoms with E-state index in [1.54, 1.807) is 18.3 Å². The average Bonchev–Trinajstić information content (AvgIpc) is 3.20.